The fourth-order valence-electron chi connectivity index (χ4n) is 4.10. The molecule has 5 rings (SSSR count). The Labute approximate surface area is 168 Å². The monoisotopic (exact) mass is 386 g/mol. The summed E-state index contributed by atoms with van der Waals surface area (Å²) in [5.74, 6) is 1.91. The minimum atomic E-state index is -0.00865. The zero-order valence-corrected chi connectivity index (χ0v) is 16.3. The van der Waals surface area contributed by atoms with E-state index in [4.69, 9.17) is 9.51 Å². The molecule has 29 heavy (non-hydrogen) atoms. The molecule has 1 aliphatic rings. The first-order valence-corrected chi connectivity index (χ1v) is 9.96. The molecule has 6 nitrogen and oxygen atoms in total. The summed E-state index contributed by atoms with van der Waals surface area (Å²) in [5, 5.41) is 4.15. The lowest BCUT2D eigenvalue weighted by molar-refractivity contribution is 0.0710. The quantitative estimate of drug-likeness (QED) is 0.561. The normalized spacial score (nSPS) is 15.1. The maximum absolute atomic E-state index is 13.3. The molecule has 0 unspecified atom stereocenters. The molecule has 4 aromatic rings. The maximum Gasteiger partial charge on any atom is 0.259 e. The second-order valence-corrected chi connectivity index (χ2v) is 7.53. The number of hydrogen-bond donors (Lipinski definition) is 1. The molecule has 2 aromatic heterocycles. The SMILES string of the molecule is Cc1onc(-c2ccccc2)c1C(=O)N1CCC(c2nc3ccccc3[nH]2)CC1. The summed E-state index contributed by atoms with van der Waals surface area (Å²) in [6.45, 7) is 3.19. The molecule has 1 amide bonds. The number of fused-ring (bicyclic) bond motifs is 1. The van der Waals surface area contributed by atoms with Crippen LogP contribution in [-0.2, 0) is 0 Å². The Morgan fingerprint density at radius 3 is 2.55 bits per heavy atom. The lowest BCUT2D eigenvalue weighted by Gasteiger charge is -2.31. The van der Waals surface area contributed by atoms with Gasteiger partial charge in [-0.1, -0.05) is 47.6 Å². The van der Waals surface area contributed by atoms with Crippen molar-refractivity contribution in [1.82, 2.24) is 20.0 Å². The number of aromatic nitrogens is 3. The van der Waals surface area contributed by atoms with Gasteiger partial charge in [-0.3, -0.25) is 4.79 Å². The van der Waals surface area contributed by atoms with Crippen molar-refractivity contribution in [3.8, 4) is 11.3 Å². The van der Waals surface area contributed by atoms with E-state index in [1.807, 2.05) is 59.5 Å². The van der Waals surface area contributed by atoms with Crippen LogP contribution in [0.4, 0.5) is 0 Å². The lowest BCUT2D eigenvalue weighted by atomic mass is 9.95. The number of imidazole rings is 1. The van der Waals surface area contributed by atoms with Gasteiger partial charge in [-0.15, -0.1) is 0 Å². The molecule has 1 saturated heterocycles. The predicted molar refractivity (Wildman–Crippen MR) is 111 cm³/mol. The van der Waals surface area contributed by atoms with Crippen LogP contribution in [0.15, 0.2) is 59.1 Å². The van der Waals surface area contributed by atoms with Crippen molar-refractivity contribution in [2.45, 2.75) is 25.7 Å². The van der Waals surface area contributed by atoms with Gasteiger partial charge in [-0.2, -0.15) is 0 Å². The standard InChI is InChI=1S/C23H22N4O2/c1-15-20(21(26-29-15)16-7-3-2-4-8-16)23(28)27-13-11-17(12-14-27)22-24-18-9-5-6-10-19(18)25-22/h2-10,17H,11-14H2,1H3,(H,24,25). The number of aromatic amines is 1. The first-order chi connectivity index (χ1) is 14.2. The first-order valence-electron chi connectivity index (χ1n) is 9.96. The van der Waals surface area contributed by atoms with Gasteiger partial charge in [0.25, 0.3) is 5.91 Å². The highest BCUT2D eigenvalue weighted by Crippen LogP contribution is 2.31. The Morgan fingerprint density at radius 1 is 1.07 bits per heavy atom. The Kier molecular flexibility index (Phi) is 4.39. The minimum Gasteiger partial charge on any atom is -0.360 e. The number of carbonyl (C=O) groups excluding carboxylic acids is 1. The van der Waals surface area contributed by atoms with Crippen LogP contribution in [0.5, 0.6) is 0 Å². The molecular formula is C23H22N4O2. The number of nitrogens with zero attached hydrogens (tertiary/aromatic N) is 3. The number of para-hydroxylation sites is 2. The minimum absolute atomic E-state index is 0.00865. The summed E-state index contributed by atoms with van der Waals surface area (Å²) in [7, 11) is 0. The van der Waals surface area contributed by atoms with Crippen molar-refractivity contribution in [3.05, 3.63) is 71.7 Å². The fraction of sp³-hybridized carbons (Fsp3) is 0.261. The van der Waals surface area contributed by atoms with E-state index in [9.17, 15) is 4.79 Å². The summed E-state index contributed by atoms with van der Waals surface area (Å²) in [6, 6.07) is 17.8. The van der Waals surface area contributed by atoms with E-state index < -0.39 is 0 Å². The van der Waals surface area contributed by atoms with Gasteiger partial charge in [0.05, 0.1) is 11.0 Å². The van der Waals surface area contributed by atoms with E-state index in [0.717, 1.165) is 35.3 Å². The number of aryl methyl sites for hydroxylation is 1. The zero-order valence-electron chi connectivity index (χ0n) is 16.3. The number of likely N-dealkylation sites (tertiary alicyclic amines) is 1. The first kappa shape index (κ1) is 17.7. The van der Waals surface area contributed by atoms with E-state index in [2.05, 4.69) is 10.1 Å². The Morgan fingerprint density at radius 2 is 1.79 bits per heavy atom. The second-order valence-electron chi connectivity index (χ2n) is 7.53. The van der Waals surface area contributed by atoms with E-state index in [-0.39, 0.29) is 5.91 Å². The molecule has 0 bridgehead atoms. The number of amides is 1. The zero-order chi connectivity index (χ0) is 19.8. The van der Waals surface area contributed by atoms with Crippen LogP contribution < -0.4 is 0 Å². The summed E-state index contributed by atoms with van der Waals surface area (Å²) in [5.41, 5.74) is 4.14. The third-order valence-corrected chi connectivity index (χ3v) is 5.70. The van der Waals surface area contributed by atoms with Crippen molar-refractivity contribution < 1.29 is 9.32 Å². The highest BCUT2D eigenvalue weighted by Gasteiger charge is 2.30. The van der Waals surface area contributed by atoms with Gasteiger partial charge in [-0.05, 0) is 31.9 Å². The molecule has 0 saturated carbocycles. The Balaban J connectivity index is 1.34. The van der Waals surface area contributed by atoms with Gasteiger partial charge >= 0.3 is 0 Å². The number of nitrogens with one attached hydrogen (secondary N) is 1. The number of hydrogen-bond acceptors (Lipinski definition) is 4. The largest absolute Gasteiger partial charge is 0.360 e. The molecule has 1 fully saturated rings. The van der Waals surface area contributed by atoms with Crippen LogP contribution in [0.1, 0.15) is 40.7 Å². The summed E-state index contributed by atoms with van der Waals surface area (Å²) in [6.07, 6.45) is 1.77. The van der Waals surface area contributed by atoms with Crippen LogP contribution in [-0.4, -0.2) is 39.0 Å². The van der Waals surface area contributed by atoms with E-state index in [0.29, 0.717) is 36.0 Å². The third-order valence-electron chi connectivity index (χ3n) is 5.70. The molecule has 0 aliphatic carbocycles. The highest BCUT2D eigenvalue weighted by molar-refractivity contribution is 6.00. The molecule has 6 heteroatoms. The van der Waals surface area contributed by atoms with Crippen molar-refractivity contribution in [1.29, 1.82) is 0 Å². The molecule has 1 aliphatic heterocycles. The fourth-order valence-corrected chi connectivity index (χ4v) is 4.10. The van der Waals surface area contributed by atoms with Gasteiger partial charge in [0.15, 0.2) is 0 Å². The molecule has 2 aromatic carbocycles. The van der Waals surface area contributed by atoms with E-state index in [1.165, 1.54) is 0 Å². The van der Waals surface area contributed by atoms with E-state index >= 15 is 0 Å². The number of H-pyrrole nitrogens is 1. The molecule has 0 atom stereocenters. The van der Waals surface area contributed by atoms with Crippen molar-refractivity contribution in [2.24, 2.45) is 0 Å². The second kappa shape index (κ2) is 7.20. The summed E-state index contributed by atoms with van der Waals surface area (Å²) in [4.78, 5) is 23.3. The molecule has 0 radical (unpaired) electrons. The number of benzene rings is 2. The number of rotatable bonds is 3. The van der Waals surface area contributed by atoms with Crippen LogP contribution in [0.3, 0.4) is 0 Å². The Bertz CT molecular complexity index is 1120. The Hall–Kier alpha value is -3.41. The van der Waals surface area contributed by atoms with Gasteiger partial charge in [-0.25, -0.2) is 4.98 Å². The third kappa shape index (κ3) is 3.20. The maximum atomic E-state index is 13.3. The topological polar surface area (TPSA) is 75.0 Å². The van der Waals surface area contributed by atoms with Gasteiger partial charge in [0, 0.05) is 24.6 Å². The van der Waals surface area contributed by atoms with Crippen LogP contribution >= 0.6 is 0 Å². The smallest absolute Gasteiger partial charge is 0.259 e. The van der Waals surface area contributed by atoms with E-state index in [1.54, 1.807) is 6.92 Å². The molecular weight excluding hydrogens is 364 g/mol. The molecule has 0 spiro atoms. The molecule has 3 heterocycles. The molecule has 146 valence electrons. The number of piperidine rings is 1. The van der Waals surface area contributed by atoms with Gasteiger partial charge < -0.3 is 14.4 Å². The predicted octanol–water partition coefficient (Wildman–Crippen LogP) is 4.55. The van der Waals surface area contributed by atoms with Crippen molar-refractivity contribution in [2.75, 3.05) is 13.1 Å². The number of carbonyl (C=O) groups is 1. The summed E-state index contributed by atoms with van der Waals surface area (Å²) >= 11 is 0. The van der Waals surface area contributed by atoms with Crippen molar-refractivity contribution in [3.63, 3.8) is 0 Å². The average molecular weight is 386 g/mol. The van der Waals surface area contributed by atoms with Crippen molar-refractivity contribution >= 4 is 16.9 Å². The lowest BCUT2D eigenvalue weighted by Crippen LogP contribution is -2.38. The highest BCUT2D eigenvalue weighted by atomic mass is 16.5. The van der Waals surface area contributed by atoms with Crippen LogP contribution in [0.2, 0.25) is 0 Å². The van der Waals surface area contributed by atoms with Crippen LogP contribution in [0.25, 0.3) is 22.3 Å². The average Bonchev–Trinajstić information content (AvgIpc) is 3.37. The van der Waals surface area contributed by atoms with Gasteiger partial charge in [0.1, 0.15) is 22.8 Å². The van der Waals surface area contributed by atoms with Gasteiger partial charge in [0.2, 0.25) is 0 Å². The summed E-state index contributed by atoms with van der Waals surface area (Å²) < 4.78 is 5.37. The molecule has 1 N–H and O–H groups in total. The van der Waals surface area contributed by atoms with Crippen LogP contribution in [0, 0.1) is 6.92 Å².